The average molecular weight is 424 g/mol. The zero-order valence-electron chi connectivity index (χ0n) is 17.6. The second-order valence-electron chi connectivity index (χ2n) is 8.10. The molecule has 0 unspecified atom stereocenters. The molecule has 8 bridgehead atoms. The number of hydrogen-bond donors (Lipinski definition) is 2. The minimum absolute atomic E-state index is 0.139. The summed E-state index contributed by atoms with van der Waals surface area (Å²) in [7, 11) is 0. The van der Waals surface area contributed by atoms with Crippen LogP contribution >= 0.6 is 0 Å². The van der Waals surface area contributed by atoms with Gasteiger partial charge in [-0.25, -0.2) is 0 Å². The highest BCUT2D eigenvalue weighted by atomic mass is 16.5. The van der Waals surface area contributed by atoms with Crippen molar-refractivity contribution in [2.45, 2.75) is 25.7 Å². The van der Waals surface area contributed by atoms with Gasteiger partial charge < -0.3 is 19.7 Å². The molecule has 0 aliphatic carbocycles. The molecule has 10 aliphatic heterocycles. The van der Waals surface area contributed by atoms with Gasteiger partial charge in [-0.05, 0) is 96.5 Å². The van der Waals surface area contributed by atoms with E-state index in [4.69, 9.17) is 9.47 Å². The lowest BCUT2D eigenvalue weighted by molar-refractivity contribution is 0.410. The first-order valence-corrected chi connectivity index (χ1v) is 10.8. The topological polar surface area (TPSA) is 58.9 Å². The molecule has 0 atom stereocenters. The van der Waals surface area contributed by atoms with Gasteiger partial charge in [0.15, 0.2) is 23.0 Å². The molecule has 0 saturated heterocycles. The molecule has 4 aromatic carbocycles. The van der Waals surface area contributed by atoms with Crippen molar-refractivity contribution >= 4 is 0 Å². The molecule has 4 nitrogen and oxygen atoms in total. The zero-order valence-corrected chi connectivity index (χ0v) is 17.6. The van der Waals surface area contributed by atoms with Crippen LogP contribution in [0.25, 0.3) is 0 Å². The van der Waals surface area contributed by atoms with Gasteiger partial charge in [0.1, 0.15) is 11.5 Å². The van der Waals surface area contributed by atoms with E-state index in [1.54, 1.807) is 12.1 Å². The Bertz CT molecular complexity index is 1130. The van der Waals surface area contributed by atoms with E-state index in [9.17, 15) is 10.2 Å². The molecule has 2 N–H and O–H groups in total. The average Bonchev–Trinajstić information content (AvgIpc) is 2.81. The van der Waals surface area contributed by atoms with E-state index in [0.29, 0.717) is 23.0 Å². The summed E-state index contributed by atoms with van der Waals surface area (Å²) < 4.78 is 11.8. The van der Waals surface area contributed by atoms with E-state index in [2.05, 4.69) is 0 Å². The molecule has 32 heavy (non-hydrogen) atoms. The maximum atomic E-state index is 10.4. The minimum Gasteiger partial charge on any atom is -0.504 e. The first kappa shape index (κ1) is 20.0. The summed E-state index contributed by atoms with van der Waals surface area (Å²) in [4.78, 5) is 0. The van der Waals surface area contributed by atoms with Gasteiger partial charge in [0.25, 0.3) is 0 Å². The fourth-order valence-electron chi connectivity index (χ4n) is 3.89. The Morgan fingerprint density at radius 3 is 1.16 bits per heavy atom. The van der Waals surface area contributed by atoms with Gasteiger partial charge in [-0.15, -0.1) is 0 Å². The van der Waals surface area contributed by atoms with E-state index in [0.717, 1.165) is 36.8 Å². The molecule has 10 heterocycles. The number of phenolic OH excluding ortho intramolecular Hbond substituents is 2. The Morgan fingerprint density at radius 1 is 0.438 bits per heavy atom. The summed E-state index contributed by atoms with van der Waals surface area (Å²) in [6, 6.07) is 26.9. The third-order valence-corrected chi connectivity index (χ3v) is 5.75. The molecule has 0 aromatic heterocycles. The van der Waals surface area contributed by atoms with Crippen LogP contribution in [0.1, 0.15) is 22.3 Å². The predicted octanol–water partition coefficient (Wildman–Crippen LogP) is 6.57. The van der Waals surface area contributed by atoms with Crippen LogP contribution < -0.4 is 9.47 Å². The van der Waals surface area contributed by atoms with E-state index in [-0.39, 0.29) is 11.5 Å². The monoisotopic (exact) mass is 424 g/mol. The largest absolute Gasteiger partial charge is 0.504 e. The summed E-state index contributed by atoms with van der Waals surface area (Å²) in [5.41, 5.74) is 4.41. The van der Waals surface area contributed by atoms with Crippen LogP contribution in [0.2, 0.25) is 0 Å². The lowest BCUT2D eigenvalue weighted by Crippen LogP contribution is -1.95. The quantitative estimate of drug-likeness (QED) is 0.335. The number of phenols is 2. The predicted molar refractivity (Wildman–Crippen MR) is 124 cm³/mol. The van der Waals surface area contributed by atoms with Crippen molar-refractivity contribution in [3.8, 4) is 34.5 Å². The molecule has 0 saturated carbocycles. The molecule has 14 rings (SSSR count). The van der Waals surface area contributed by atoms with E-state index in [1.165, 1.54) is 11.1 Å². The Balaban J connectivity index is 1.46. The molecule has 4 heteroatoms. The summed E-state index contributed by atoms with van der Waals surface area (Å²) in [6.07, 6.45) is 3.26. The highest BCUT2D eigenvalue weighted by Gasteiger charge is 2.09. The summed E-state index contributed by atoms with van der Waals surface area (Å²) >= 11 is 0. The molecule has 4 aromatic rings. The van der Waals surface area contributed by atoms with Crippen LogP contribution in [-0.4, -0.2) is 10.2 Å². The second kappa shape index (κ2) is 8.67. The van der Waals surface area contributed by atoms with Gasteiger partial charge >= 0.3 is 0 Å². The van der Waals surface area contributed by atoms with Crippen molar-refractivity contribution in [1.29, 1.82) is 0 Å². The lowest BCUT2D eigenvalue weighted by atomic mass is 10.0. The second-order valence-corrected chi connectivity index (χ2v) is 8.10. The van der Waals surface area contributed by atoms with Crippen molar-refractivity contribution in [1.82, 2.24) is 0 Å². The maximum absolute atomic E-state index is 10.4. The Kier molecular flexibility index (Phi) is 5.42. The normalized spacial score (nSPS) is 13.2. The number of hydrogen-bond acceptors (Lipinski definition) is 4. The summed E-state index contributed by atoms with van der Waals surface area (Å²) in [5.74, 6) is 2.53. The molecule has 10 aliphatic rings. The first-order chi connectivity index (χ1) is 15.6. The number of ether oxygens (including phenoxy) is 2. The molecule has 0 spiro atoms. The third-order valence-electron chi connectivity index (χ3n) is 5.75. The summed E-state index contributed by atoms with van der Waals surface area (Å²) in [6.45, 7) is 0. The van der Waals surface area contributed by atoms with Crippen molar-refractivity contribution in [3.63, 3.8) is 0 Å². The van der Waals surface area contributed by atoms with Gasteiger partial charge in [-0.1, -0.05) is 36.4 Å². The van der Waals surface area contributed by atoms with E-state index < -0.39 is 0 Å². The van der Waals surface area contributed by atoms with Crippen molar-refractivity contribution in [2.75, 3.05) is 0 Å². The van der Waals surface area contributed by atoms with E-state index >= 15 is 0 Å². The Morgan fingerprint density at radius 2 is 0.781 bits per heavy atom. The van der Waals surface area contributed by atoms with Gasteiger partial charge in [-0.3, -0.25) is 0 Å². The SMILES string of the molecule is Oc1cc2ccc1Oc1ccc(cc1)CCc1ccc(c(O)c1)Oc1ccc(cc1)CC2. The van der Waals surface area contributed by atoms with Gasteiger partial charge in [0, 0.05) is 0 Å². The summed E-state index contributed by atoms with van der Waals surface area (Å²) in [5, 5.41) is 20.9. The zero-order chi connectivity index (χ0) is 21.9. The molecule has 0 radical (unpaired) electrons. The minimum atomic E-state index is 0.139. The van der Waals surface area contributed by atoms with Crippen molar-refractivity contribution in [3.05, 3.63) is 107 Å². The van der Waals surface area contributed by atoms with Crippen molar-refractivity contribution < 1.29 is 19.7 Å². The number of aromatic hydroxyl groups is 2. The third kappa shape index (κ3) is 4.54. The van der Waals surface area contributed by atoms with Crippen LogP contribution in [0, 0.1) is 0 Å². The van der Waals surface area contributed by atoms with Gasteiger partial charge in [0.05, 0.1) is 0 Å². The van der Waals surface area contributed by atoms with Gasteiger partial charge in [-0.2, -0.15) is 0 Å². The Hall–Kier alpha value is -3.92. The van der Waals surface area contributed by atoms with Crippen LogP contribution in [0.5, 0.6) is 34.5 Å². The number of benzene rings is 4. The molecule has 160 valence electrons. The van der Waals surface area contributed by atoms with E-state index in [1.807, 2.05) is 72.8 Å². The number of rotatable bonds is 0. The van der Waals surface area contributed by atoms with Crippen LogP contribution in [0.4, 0.5) is 0 Å². The molecule has 0 fully saturated rings. The first-order valence-electron chi connectivity index (χ1n) is 10.8. The lowest BCUT2D eigenvalue weighted by Gasteiger charge is -2.12. The smallest absolute Gasteiger partial charge is 0.169 e. The van der Waals surface area contributed by atoms with Crippen LogP contribution in [0.15, 0.2) is 84.9 Å². The van der Waals surface area contributed by atoms with Gasteiger partial charge in [0.2, 0.25) is 0 Å². The molecular formula is C28H24O4. The molecular weight excluding hydrogens is 400 g/mol. The van der Waals surface area contributed by atoms with Crippen LogP contribution in [0.3, 0.4) is 0 Å². The highest BCUT2D eigenvalue weighted by molar-refractivity contribution is 5.46. The Labute approximate surface area is 187 Å². The standard InChI is InChI=1S/C28H24O4/c29-25-17-21-3-1-19-5-11-23(12-6-19)31-28-16-10-22(18-26(28)30)4-2-20-7-13-24(14-8-20)32-27(25)15-9-21/h5-18,29-30H,1-4H2. The molecule has 0 amide bonds. The van der Waals surface area contributed by atoms with Crippen LogP contribution in [-0.2, 0) is 25.7 Å². The highest BCUT2D eigenvalue weighted by Crippen LogP contribution is 2.34. The fraction of sp³-hybridized carbons (Fsp3) is 0.143. The number of aryl methyl sites for hydroxylation is 4. The van der Waals surface area contributed by atoms with Crippen molar-refractivity contribution in [2.24, 2.45) is 0 Å². The fourth-order valence-corrected chi connectivity index (χ4v) is 3.89. The maximum Gasteiger partial charge on any atom is 0.169 e.